The molecule has 2 fully saturated rings. The van der Waals surface area contributed by atoms with Crippen molar-refractivity contribution in [2.45, 2.75) is 25.6 Å². The van der Waals surface area contributed by atoms with Gasteiger partial charge in [-0.3, -0.25) is 19.7 Å². The van der Waals surface area contributed by atoms with Crippen molar-refractivity contribution in [3.05, 3.63) is 30.1 Å². The van der Waals surface area contributed by atoms with Crippen molar-refractivity contribution in [1.29, 1.82) is 0 Å². The molecule has 4 rings (SSSR count). The van der Waals surface area contributed by atoms with Gasteiger partial charge in [-0.1, -0.05) is 6.92 Å². The van der Waals surface area contributed by atoms with E-state index in [4.69, 9.17) is 0 Å². The molecule has 0 bridgehead atoms. The molecule has 2 aromatic rings. The summed E-state index contributed by atoms with van der Waals surface area (Å²) in [5.74, 6) is 0.261. The number of carbonyl (C=O) groups excluding carboxylic acids is 1. The summed E-state index contributed by atoms with van der Waals surface area (Å²) >= 11 is 0. The van der Waals surface area contributed by atoms with Gasteiger partial charge in [0.2, 0.25) is 5.91 Å². The maximum absolute atomic E-state index is 13.4. The number of hydrogen-bond donors (Lipinski definition) is 1. The molecule has 32 heavy (non-hydrogen) atoms. The Bertz CT molecular complexity index is 960. The topological polar surface area (TPSA) is 64.6 Å². The van der Waals surface area contributed by atoms with Crippen LogP contribution in [0.5, 0.6) is 0 Å². The van der Waals surface area contributed by atoms with Crippen LogP contribution in [0, 0.1) is 5.92 Å². The largest absolute Gasteiger partial charge is 0.418 e. The van der Waals surface area contributed by atoms with Crippen LogP contribution in [-0.4, -0.2) is 84.6 Å². The number of anilines is 1. The molecule has 0 unspecified atom stereocenters. The van der Waals surface area contributed by atoms with E-state index in [1.54, 1.807) is 0 Å². The highest BCUT2D eigenvalue weighted by Crippen LogP contribution is 2.37. The maximum atomic E-state index is 13.4. The lowest BCUT2D eigenvalue weighted by Gasteiger charge is -2.39. The Kier molecular flexibility index (Phi) is 6.52. The highest BCUT2D eigenvalue weighted by molar-refractivity contribution is 5.91. The van der Waals surface area contributed by atoms with Gasteiger partial charge in [-0.2, -0.15) is 13.2 Å². The van der Waals surface area contributed by atoms with Crippen molar-refractivity contribution < 1.29 is 18.0 Å². The van der Waals surface area contributed by atoms with E-state index >= 15 is 0 Å². The van der Waals surface area contributed by atoms with Gasteiger partial charge in [0.15, 0.2) is 0 Å². The number of likely N-dealkylation sites (N-methyl/N-ethyl adjacent to an activating group) is 1. The van der Waals surface area contributed by atoms with Crippen molar-refractivity contribution in [3.8, 4) is 0 Å². The fourth-order valence-electron chi connectivity index (χ4n) is 4.66. The molecule has 2 saturated heterocycles. The van der Waals surface area contributed by atoms with Crippen molar-refractivity contribution in [3.63, 3.8) is 0 Å². The number of halogens is 3. The van der Waals surface area contributed by atoms with Crippen molar-refractivity contribution in [2.75, 3.05) is 57.8 Å². The minimum atomic E-state index is -4.50. The van der Waals surface area contributed by atoms with Gasteiger partial charge in [-0.25, -0.2) is 0 Å². The van der Waals surface area contributed by atoms with Crippen molar-refractivity contribution >= 4 is 22.6 Å². The fraction of sp³-hybridized carbons (Fsp3) is 0.591. The number of carbonyl (C=O) groups is 1. The molecule has 3 heterocycles. The third kappa shape index (κ3) is 5.12. The van der Waals surface area contributed by atoms with Gasteiger partial charge in [-0.15, -0.1) is 0 Å². The molecule has 1 aromatic carbocycles. The van der Waals surface area contributed by atoms with Gasteiger partial charge in [-0.05, 0) is 31.5 Å². The molecule has 0 aliphatic carbocycles. The Balaban J connectivity index is 1.49. The highest BCUT2D eigenvalue weighted by Gasteiger charge is 2.35. The zero-order valence-corrected chi connectivity index (χ0v) is 18.4. The first kappa shape index (κ1) is 22.7. The molecular formula is C22H29F3N6O. The van der Waals surface area contributed by atoms with Gasteiger partial charge in [0.1, 0.15) is 11.0 Å². The first-order chi connectivity index (χ1) is 15.2. The third-order valence-corrected chi connectivity index (χ3v) is 6.24. The maximum Gasteiger partial charge on any atom is 0.418 e. The van der Waals surface area contributed by atoms with Crippen LogP contribution < -0.4 is 10.2 Å². The summed E-state index contributed by atoms with van der Waals surface area (Å²) in [6.07, 6.45) is -0.979. The number of benzene rings is 1. The molecule has 1 aromatic heterocycles. The molecule has 0 radical (unpaired) electrons. The smallest absolute Gasteiger partial charge is 0.367 e. The second-order valence-corrected chi connectivity index (χ2v) is 8.97. The van der Waals surface area contributed by atoms with E-state index in [1.165, 1.54) is 18.5 Å². The Morgan fingerprint density at radius 1 is 1.09 bits per heavy atom. The Labute approximate surface area is 185 Å². The molecule has 0 spiro atoms. The molecule has 7 nitrogen and oxygen atoms in total. The van der Waals surface area contributed by atoms with Crippen molar-refractivity contribution in [1.82, 2.24) is 25.1 Å². The Morgan fingerprint density at radius 3 is 2.47 bits per heavy atom. The summed E-state index contributed by atoms with van der Waals surface area (Å²) in [6, 6.07) is 2.47. The highest BCUT2D eigenvalue weighted by atomic mass is 19.4. The number of piperazine rings is 1. The predicted octanol–water partition coefficient (Wildman–Crippen LogP) is 2.23. The average molecular weight is 451 g/mol. The summed E-state index contributed by atoms with van der Waals surface area (Å²) in [5.41, 5.74) is -0.0808. The van der Waals surface area contributed by atoms with E-state index in [2.05, 4.69) is 39.1 Å². The van der Waals surface area contributed by atoms with E-state index < -0.39 is 11.7 Å². The van der Waals surface area contributed by atoms with Crippen LogP contribution in [0.3, 0.4) is 0 Å². The number of piperidine rings is 1. The second kappa shape index (κ2) is 9.19. The summed E-state index contributed by atoms with van der Waals surface area (Å²) in [4.78, 5) is 27.3. The van der Waals surface area contributed by atoms with Crippen LogP contribution in [0.25, 0.3) is 11.0 Å². The molecular weight excluding hydrogens is 421 g/mol. The zero-order valence-electron chi connectivity index (χ0n) is 18.4. The molecule has 1 N–H and O–H groups in total. The van der Waals surface area contributed by atoms with E-state index in [0.717, 1.165) is 38.7 Å². The zero-order chi connectivity index (χ0) is 22.9. The van der Waals surface area contributed by atoms with E-state index in [0.29, 0.717) is 25.3 Å². The van der Waals surface area contributed by atoms with Gasteiger partial charge in [0.25, 0.3) is 0 Å². The number of hydrogen-bond acceptors (Lipinski definition) is 6. The minimum absolute atomic E-state index is 0.00864. The number of aromatic nitrogens is 2. The molecule has 2 atom stereocenters. The summed E-state index contributed by atoms with van der Waals surface area (Å²) < 4.78 is 40.3. The van der Waals surface area contributed by atoms with E-state index in [1.807, 2.05) is 4.90 Å². The first-order valence-corrected chi connectivity index (χ1v) is 11.0. The molecule has 2 aliphatic heterocycles. The Morgan fingerprint density at radius 2 is 1.78 bits per heavy atom. The lowest BCUT2D eigenvalue weighted by Crippen LogP contribution is -2.54. The number of fused-ring (bicyclic) bond motifs is 1. The van der Waals surface area contributed by atoms with Crippen LogP contribution in [0.15, 0.2) is 24.5 Å². The number of nitrogens with zero attached hydrogens (tertiary/aromatic N) is 5. The van der Waals surface area contributed by atoms with Crippen LogP contribution in [0.4, 0.5) is 18.9 Å². The lowest BCUT2D eigenvalue weighted by molar-refractivity contribution is -0.136. The van der Waals surface area contributed by atoms with Crippen LogP contribution in [-0.2, 0) is 11.0 Å². The second-order valence-electron chi connectivity index (χ2n) is 8.97. The minimum Gasteiger partial charge on any atom is -0.367 e. The molecule has 0 saturated carbocycles. The number of alkyl halides is 3. The van der Waals surface area contributed by atoms with Gasteiger partial charge in [0, 0.05) is 57.7 Å². The summed E-state index contributed by atoms with van der Waals surface area (Å²) in [6.45, 7) is 7.29. The summed E-state index contributed by atoms with van der Waals surface area (Å²) in [7, 11) is 2.07. The summed E-state index contributed by atoms with van der Waals surface area (Å²) in [5, 5.41) is 3.14. The fourth-order valence-corrected chi connectivity index (χ4v) is 4.66. The van der Waals surface area contributed by atoms with Crippen LogP contribution >= 0.6 is 0 Å². The standard InChI is InChI=1S/C22H29F3N6O/c1-15-11-16(28-19(32)14-30-9-7-29(2)8-10-30)13-31(12-15)18-4-3-17(22(23,24)25)20-21(18)27-6-5-26-20/h3-6,15-16H,7-14H2,1-2H3,(H,28,32)/t15-,16+/m0/s1. The lowest BCUT2D eigenvalue weighted by atomic mass is 9.95. The van der Waals surface area contributed by atoms with Crippen LogP contribution in [0.2, 0.25) is 0 Å². The normalized spacial score (nSPS) is 23.5. The molecule has 1 amide bonds. The number of rotatable bonds is 4. The van der Waals surface area contributed by atoms with Gasteiger partial charge in [0.05, 0.1) is 17.8 Å². The van der Waals surface area contributed by atoms with E-state index in [9.17, 15) is 18.0 Å². The number of amides is 1. The van der Waals surface area contributed by atoms with E-state index in [-0.39, 0.29) is 28.9 Å². The molecule has 174 valence electrons. The first-order valence-electron chi connectivity index (χ1n) is 11.0. The molecule has 2 aliphatic rings. The van der Waals surface area contributed by atoms with Crippen LogP contribution in [0.1, 0.15) is 18.9 Å². The predicted molar refractivity (Wildman–Crippen MR) is 116 cm³/mol. The van der Waals surface area contributed by atoms with Gasteiger partial charge >= 0.3 is 6.18 Å². The quantitative estimate of drug-likeness (QED) is 0.771. The average Bonchev–Trinajstić information content (AvgIpc) is 2.73. The van der Waals surface area contributed by atoms with Crippen molar-refractivity contribution in [2.24, 2.45) is 5.92 Å². The molecule has 10 heteroatoms. The Hall–Kier alpha value is -2.46. The third-order valence-electron chi connectivity index (χ3n) is 6.24. The van der Waals surface area contributed by atoms with Gasteiger partial charge < -0.3 is 15.1 Å². The monoisotopic (exact) mass is 450 g/mol. The SMILES string of the molecule is C[C@H]1C[C@@H](NC(=O)CN2CCN(C)CC2)CN(c2ccc(C(F)(F)F)c3nccnc23)C1. The number of nitrogens with one attached hydrogen (secondary N) is 1.